The zero-order chi connectivity index (χ0) is 12.3. The van der Waals surface area contributed by atoms with Crippen LogP contribution in [-0.2, 0) is 11.3 Å². The van der Waals surface area contributed by atoms with Gasteiger partial charge in [0, 0.05) is 6.54 Å². The van der Waals surface area contributed by atoms with Crippen molar-refractivity contribution in [2.24, 2.45) is 0 Å². The van der Waals surface area contributed by atoms with Gasteiger partial charge in [0.1, 0.15) is 13.2 Å². The molecule has 0 aliphatic carbocycles. The number of alkyl halides is 2. The van der Waals surface area contributed by atoms with Crippen LogP contribution in [0, 0.1) is 0 Å². The molecule has 0 aromatic heterocycles. The Kier molecular flexibility index (Phi) is 3.41. The standard InChI is InChI=1S/C11H11F2NO3/c12-10(13)11(15)14-6-7-1-2-8-9(5-7)17-4-3-16-8/h1-2,5,10H,3-4,6H2,(H,14,15). The molecule has 6 heteroatoms. The molecule has 4 nitrogen and oxygen atoms in total. The van der Waals surface area contributed by atoms with Crippen LogP contribution in [0.15, 0.2) is 18.2 Å². The first kappa shape index (κ1) is 11.6. The van der Waals surface area contributed by atoms with E-state index in [0.717, 1.165) is 0 Å². The first-order valence-electron chi connectivity index (χ1n) is 5.11. The highest BCUT2D eigenvalue weighted by atomic mass is 19.3. The summed E-state index contributed by atoms with van der Waals surface area (Å²) in [7, 11) is 0. The second-order valence-corrected chi connectivity index (χ2v) is 3.50. The lowest BCUT2D eigenvalue weighted by atomic mass is 10.2. The van der Waals surface area contributed by atoms with Crippen LogP contribution in [-0.4, -0.2) is 25.5 Å². The summed E-state index contributed by atoms with van der Waals surface area (Å²) in [5, 5.41) is 2.12. The van der Waals surface area contributed by atoms with Gasteiger partial charge in [-0.15, -0.1) is 0 Å². The Hall–Kier alpha value is -1.85. The summed E-state index contributed by atoms with van der Waals surface area (Å²) < 4.78 is 34.5. The van der Waals surface area contributed by atoms with Crippen molar-refractivity contribution < 1.29 is 23.0 Å². The molecule has 0 unspecified atom stereocenters. The SMILES string of the molecule is O=C(NCc1ccc2c(c1)OCCO2)C(F)F. The first-order valence-corrected chi connectivity index (χ1v) is 5.11. The van der Waals surface area contributed by atoms with Crippen molar-refractivity contribution in [2.45, 2.75) is 13.0 Å². The van der Waals surface area contributed by atoms with Crippen LogP contribution in [0.5, 0.6) is 11.5 Å². The van der Waals surface area contributed by atoms with E-state index in [9.17, 15) is 13.6 Å². The number of rotatable bonds is 3. The van der Waals surface area contributed by atoms with Crippen molar-refractivity contribution >= 4 is 5.91 Å². The topological polar surface area (TPSA) is 47.6 Å². The summed E-state index contributed by atoms with van der Waals surface area (Å²) in [6.07, 6.45) is -2.99. The molecule has 1 N–H and O–H groups in total. The average Bonchev–Trinajstić information content (AvgIpc) is 2.35. The Morgan fingerprint density at radius 3 is 2.71 bits per heavy atom. The van der Waals surface area contributed by atoms with Crippen LogP contribution in [0.3, 0.4) is 0 Å². The van der Waals surface area contributed by atoms with Gasteiger partial charge in [-0.25, -0.2) is 0 Å². The number of halogens is 2. The van der Waals surface area contributed by atoms with Gasteiger partial charge < -0.3 is 14.8 Å². The van der Waals surface area contributed by atoms with Gasteiger partial charge in [0.25, 0.3) is 5.91 Å². The molecule has 0 radical (unpaired) electrons. The number of benzene rings is 1. The highest BCUT2D eigenvalue weighted by Gasteiger charge is 2.15. The molecule has 0 atom stereocenters. The predicted molar refractivity (Wildman–Crippen MR) is 55.3 cm³/mol. The maximum Gasteiger partial charge on any atom is 0.315 e. The van der Waals surface area contributed by atoms with E-state index in [0.29, 0.717) is 30.3 Å². The molecule has 0 saturated heterocycles. The van der Waals surface area contributed by atoms with Crippen LogP contribution in [0.25, 0.3) is 0 Å². The van der Waals surface area contributed by atoms with E-state index >= 15 is 0 Å². The van der Waals surface area contributed by atoms with Gasteiger partial charge >= 0.3 is 6.43 Å². The minimum Gasteiger partial charge on any atom is -0.486 e. The molecule has 1 amide bonds. The summed E-state index contributed by atoms with van der Waals surface area (Å²) >= 11 is 0. The molecular formula is C11H11F2NO3. The number of carbonyl (C=O) groups is 1. The largest absolute Gasteiger partial charge is 0.486 e. The van der Waals surface area contributed by atoms with Gasteiger partial charge in [-0.2, -0.15) is 8.78 Å². The number of nitrogens with one attached hydrogen (secondary N) is 1. The second-order valence-electron chi connectivity index (χ2n) is 3.50. The van der Waals surface area contributed by atoms with E-state index in [-0.39, 0.29) is 6.54 Å². The Bertz CT molecular complexity index is 423. The van der Waals surface area contributed by atoms with Crippen molar-refractivity contribution in [1.29, 1.82) is 0 Å². The van der Waals surface area contributed by atoms with Gasteiger partial charge in [-0.05, 0) is 17.7 Å². The van der Waals surface area contributed by atoms with Crippen molar-refractivity contribution in [3.63, 3.8) is 0 Å². The summed E-state index contributed by atoms with van der Waals surface area (Å²) in [4.78, 5) is 10.7. The molecule has 0 fully saturated rings. The highest BCUT2D eigenvalue weighted by Crippen LogP contribution is 2.30. The van der Waals surface area contributed by atoms with Crippen molar-refractivity contribution in [1.82, 2.24) is 5.32 Å². The minimum absolute atomic E-state index is 0.0415. The molecule has 0 saturated carbocycles. The third-order valence-electron chi connectivity index (χ3n) is 2.27. The fourth-order valence-corrected chi connectivity index (χ4v) is 1.46. The second kappa shape index (κ2) is 4.99. The zero-order valence-corrected chi connectivity index (χ0v) is 8.91. The third-order valence-corrected chi connectivity index (χ3v) is 2.27. The Morgan fingerprint density at radius 2 is 2.00 bits per heavy atom. The van der Waals surface area contributed by atoms with Crippen LogP contribution >= 0.6 is 0 Å². The number of hydrogen-bond donors (Lipinski definition) is 1. The Morgan fingerprint density at radius 1 is 1.29 bits per heavy atom. The van der Waals surface area contributed by atoms with E-state index in [1.165, 1.54) is 0 Å². The van der Waals surface area contributed by atoms with E-state index in [2.05, 4.69) is 5.32 Å². The van der Waals surface area contributed by atoms with Crippen LogP contribution in [0.4, 0.5) is 8.78 Å². The lowest BCUT2D eigenvalue weighted by Crippen LogP contribution is -2.28. The average molecular weight is 243 g/mol. The van der Waals surface area contributed by atoms with E-state index < -0.39 is 12.3 Å². The van der Waals surface area contributed by atoms with Crippen molar-refractivity contribution in [3.05, 3.63) is 23.8 Å². The molecule has 1 aromatic carbocycles. The highest BCUT2D eigenvalue weighted by molar-refractivity contribution is 5.79. The molecule has 17 heavy (non-hydrogen) atoms. The monoisotopic (exact) mass is 243 g/mol. The first-order chi connectivity index (χ1) is 8.16. The van der Waals surface area contributed by atoms with Crippen LogP contribution in [0.2, 0.25) is 0 Å². The number of fused-ring (bicyclic) bond motifs is 1. The van der Waals surface area contributed by atoms with Gasteiger partial charge in [0.2, 0.25) is 0 Å². The Labute approximate surface area is 96.5 Å². The van der Waals surface area contributed by atoms with Gasteiger partial charge in [-0.3, -0.25) is 4.79 Å². The molecule has 0 spiro atoms. The van der Waals surface area contributed by atoms with E-state index in [4.69, 9.17) is 9.47 Å². The summed E-state index contributed by atoms with van der Waals surface area (Å²) in [6, 6.07) is 5.05. The maximum absolute atomic E-state index is 11.9. The van der Waals surface area contributed by atoms with Gasteiger partial charge in [0.15, 0.2) is 11.5 Å². The molecule has 92 valence electrons. The molecule has 1 aliphatic heterocycles. The van der Waals surface area contributed by atoms with Crippen LogP contribution in [0.1, 0.15) is 5.56 Å². The zero-order valence-electron chi connectivity index (χ0n) is 8.91. The van der Waals surface area contributed by atoms with E-state index in [1.54, 1.807) is 18.2 Å². The third kappa shape index (κ3) is 2.83. The molecule has 2 rings (SSSR count). The van der Waals surface area contributed by atoms with Gasteiger partial charge in [0.05, 0.1) is 0 Å². The lowest BCUT2D eigenvalue weighted by molar-refractivity contribution is -0.131. The van der Waals surface area contributed by atoms with Gasteiger partial charge in [-0.1, -0.05) is 6.07 Å². The van der Waals surface area contributed by atoms with Crippen LogP contribution < -0.4 is 14.8 Å². The lowest BCUT2D eigenvalue weighted by Gasteiger charge is -2.18. The predicted octanol–water partition coefficient (Wildman–Crippen LogP) is 1.34. The molecule has 1 aliphatic rings. The summed E-state index contributed by atoms with van der Waals surface area (Å²) in [6.45, 7) is 0.994. The smallest absolute Gasteiger partial charge is 0.315 e. The molecular weight excluding hydrogens is 232 g/mol. The molecule has 1 aromatic rings. The summed E-state index contributed by atoms with van der Waals surface area (Å²) in [5.74, 6) is -0.0832. The maximum atomic E-state index is 11.9. The van der Waals surface area contributed by atoms with Crippen molar-refractivity contribution in [3.8, 4) is 11.5 Å². The number of hydrogen-bond acceptors (Lipinski definition) is 3. The molecule has 1 heterocycles. The van der Waals surface area contributed by atoms with Crippen molar-refractivity contribution in [2.75, 3.05) is 13.2 Å². The normalized spacial score (nSPS) is 13.6. The summed E-state index contributed by atoms with van der Waals surface area (Å²) in [5.41, 5.74) is 0.684. The molecule has 0 bridgehead atoms. The Balaban J connectivity index is 2.00. The fourth-order valence-electron chi connectivity index (χ4n) is 1.46. The number of amides is 1. The minimum atomic E-state index is -2.99. The van der Waals surface area contributed by atoms with E-state index in [1.807, 2.05) is 0 Å². The fraction of sp³-hybridized carbons (Fsp3) is 0.364. The number of ether oxygens (including phenoxy) is 2. The quantitative estimate of drug-likeness (QED) is 0.871. The number of carbonyl (C=O) groups excluding carboxylic acids is 1.